The molecule has 0 saturated carbocycles. The van der Waals surface area contributed by atoms with Gasteiger partial charge in [0.2, 0.25) is 5.91 Å². The van der Waals surface area contributed by atoms with Crippen molar-refractivity contribution in [3.63, 3.8) is 0 Å². The number of rotatable bonds is 6. The van der Waals surface area contributed by atoms with Gasteiger partial charge in [0.1, 0.15) is 17.6 Å². The second-order valence-electron chi connectivity index (χ2n) is 5.82. The van der Waals surface area contributed by atoms with E-state index in [0.29, 0.717) is 5.82 Å². The first-order valence-corrected chi connectivity index (χ1v) is 9.17. The molecule has 1 aromatic carbocycles. The van der Waals surface area contributed by atoms with Gasteiger partial charge in [-0.2, -0.15) is 13.2 Å². The van der Waals surface area contributed by atoms with Crippen LogP contribution in [0.4, 0.5) is 13.2 Å². The van der Waals surface area contributed by atoms with Crippen molar-refractivity contribution in [3.05, 3.63) is 72.1 Å². The Labute approximate surface area is 163 Å². The lowest BCUT2D eigenvalue weighted by Crippen LogP contribution is -2.32. The van der Waals surface area contributed by atoms with Crippen LogP contribution in [0.2, 0.25) is 0 Å². The summed E-state index contributed by atoms with van der Waals surface area (Å²) in [5.41, 5.74) is -0.203. The predicted octanol–water partition coefficient (Wildman–Crippen LogP) is 3.23. The van der Waals surface area contributed by atoms with Crippen LogP contribution >= 0.6 is 11.8 Å². The molecule has 0 aliphatic carbocycles. The SMILES string of the molecule is Cn1ccnc1C(NC(=O)CSc1nccc(C(F)(F)F)n1)c1ccccc1. The molecule has 0 saturated heterocycles. The summed E-state index contributed by atoms with van der Waals surface area (Å²) in [6.07, 6.45) is -0.140. The Balaban J connectivity index is 1.71. The zero-order chi connectivity index (χ0) is 20.1. The zero-order valence-electron chi connectivity index (χ0n) is 14.7. The summed E-state index contributed by atoms with van der Waals surface area (Å²) >= 11 is 0.836. The average Bonchev–Trinajstić information content (AvgIpc) is 3.10. The van der Waals surface area contributed by atoms with Gasteiger partial charge >= 0.3 is 6.18 Å². The second kappa shape index (κ2) is 8.42. The fourth-order valence-corrected chi connectivity index (χ4v) is 3.14. The summed E-state index contributed by atoms with van der Waals surface area (Å²) in [6.45, 7) is 0. The molecule has 6 nitrogen and oxygen atoms in total. The monoisotopic (exact) mass is 407 g/mol. The maximum absolute atomic E-state index is 12.7. The molecule has 0 bridgehead atoms. The van der Waals surface area contributed by atoms with E-state index >= 15 is 0 Å². The van der Waals surface area contributed by atoms with E-state index in [1.54, 1.807) is 17.0 Å². The Morgan fingerprint density at radius 3 is 2.57 bits per heavy atom. The number of amides is 1. The van der Waals surface area contributed by atoms with Gasteiger partial charge in [0, 0.05) is 25.6 Å². The molecule has 0 radical (unpaired) electrons. The number of thioether (sulfide) groups is 1. The number of benzene rings is 1. The van der Waals surface area contributed by atoms with Gasteiger partial charge in [-0.25, -0.2) is 15.0 Å². The number of aromatic nitrogens is 4. The molecule has 2 aromatic heterocycles. The topological polar surface area (TPSA) is 72.7 Å². The molecule has 0 aliphatic heterocycles. The molecular weight excluding hydrogens is 391 g/mol. The number of alkyl halides is 3. The molecule has 3 rings (SSSR count). The molecule has 0 aliphatic rings. The number of nitrogens with zero attached hydrogens (tertiary/aromatic N) is 4. The van der Waals surface area contributed by atoms with Crippen molar-refractivity contribution < 1.29 is 18.0 Å². The minimum absolute atomic E-state index is 0.113. The Bertz CT molecular complexity index is 946. The molecule has 28 heavy (non-hydrogen) atoms. The molecule has 1 unspecified atom stereocenters. The molecule has 1 N–H and O–H groups in total. The van der Waals surface area contributed by atoms with Crippen molar-refractivity contribution in [3.8, 4) is 0 Å². The molecular formula is C18H16F3N5OS. The van der Waals surface area contributed by atoms with Crippen molar-refractivity contribution in [1.82, 2.24) is 24.8 Å². The molecule has 10 heteroatoms. The smallest absolute Gasteiger partial charge is 0.341 e. The number of nitrogens with one attached hydrogen (secondary N) is 1. The van der Waals surface area contributed by atoms with Gasteiger partial charge in [-0.1, -0.05) is 42.1 Å². The predicted molar refractivity (Wildman–Crippen MR) is 97.4 cm³/mol. The van der Waals surface area contributed by atoms with Crippen molar-refractivity contribution in [2.24, 2.45) is 7.05 Å². The number of hydrogen-bond acceptors (Lipinski definition) is 5. The summed E-state index contributed by atoms with van der Waals surface area (Å²) < 4.78 is 40.0. The highest BCUT2D eigenvalue weighted by Crippen LogP contribution is 2.28. The number of carbonyl (C=O) groups is 1. The Kier molecular flexibility index (Phi) is 5.98. The molecule has 1 amide bonds. The highest BCUT2D eigenvalue weighted by Gasteiger charge is 2.32. The quantitative estimate of drug-likeness (QED) is 0.502. The first kappa shape index (κ1) is 19.9. The highest BCUT2D eigenvalue weighted by atomic mass is 32.2. The third-order valence-corrected chi connectivity index (χ3v) is 4.67. The van der Waals surface area contributed by atoms with Crippen molar-refractivity contribution in [2.75, 3.05) is 5.75 Å². The van der Waals surface area contributed by atoms with E-state index in [1.807, 2.05) is 37.4 Å². The Morgan fingerprint density at radius 1 is 1.18 bits per heavy atom. The van der Waals surface area contributed by atoms with E-state index < -0.39 is 17.9 Å². The van der Waals surface area contributed by atoms with E-state index in [4.69, 9.17) is 0 Å². The normalized spacial score (nSPS) is 12.6. The van der Waals surface area contributed by atoms with Crippen LogP contribution in [0.1, 0.15) is 23.1 Å². The molecule has 146 valence electrons. The van der Waals surface area contributed by atoms with Crippen LogP contribution in [-0.2, 0) is 18.0 Å². The lowest BCUT2D eigenvalue weighted by molar-refractivity contribution is -0.141. The van der Waals surface area contributed by atoms with Crippen molar-refractivity contribution in [2.45, 2.75) is 17.4 Å². The average molecular weight is 407 g/mol. The van der Waals surface area contributed by atoms with Crippen LogP contribution < -0.4 is 5.32 Å². The van der Waals surface area contributed by atoms with E-state index in [2.05, 4.69) is 20.3 Å². The van der Waals surface area contributed by atoms with Gasteiger partial charge in [0.15, 0.2) is 5.16 Å². The summed E-state index contributed by atoms with van der Waals surface area (Å²) in [6, 6.07) is 9.59. The first-order chi connectivity index (χ1) is 13.3. The minimum atomic E-state index is -4.56. The number of imidazole rings is 1. The lowest BCUT2D eigenvalue weighted by Gasteiger charge is -2.19. The van der Waals surface area contributed by atoms with E-state index in [-0.39, 0.29) is 16.8 Å². The fraction of sp³-hybridized carbons (Fsp3) is 0.222. The van der Waals surface area contributed by atoms with Gasteiger partial charge in [0.05, 0.1) is 5.75 Å². The maximum Gasteiger partial charge on any atom is 0.433 e. The molecule has 2 heterocycles. The minimum Gasteiger partial charge on any atom is -0.341 e. The third-order valence-electron chi connectivity index (χ3n) is 3.81. The van der Waals surface area contributed by atoms with Crippen molar-refractivity contribution in [1.29, 1.82) is 0 Å². The second-order valence-corrected chi connectivity index (χ2v) is 6.76. The third kappa shape index (κ3) is 4.89. The Morgan fingerprint density at radius 2 is 1.93 bits per heavy atom. The molecule has 3 aromatic rings. The van der Waals surface area contributed by atoms with Crippen LogP contribution in [0.3, 0.4) is 0 Å². The number of halogens is 3. The van der Waals surface area contributed by atoms with E-state index in [0.717, 1.165) is 29.6 Å². The summed E-state index contributed by atoms with van der Waals surface area (Å²) in [5.74, 6) is 0.137. The number of aryl methyl sites for hydroxylation is 1. The summed E-state index contributed by atoms with van der Waals surface area (Å²) in [5, 5.41) is 2.76. The van der Waals surface area contributed by atoms with Crippen LogP contribution in [0, 0.1) is 0 Å². The fourth-order valence-electron chi connectivity index (χ4n) is 2.50. The number of hydrogen-bond donors (Lipinski definition) is 1. The zero-order valence-corrected chi connectivity index (χ0v) is 15.5. The van der Waals surface area contributed by atoms with Crippen LogP contribution in [0.25, 0.3) is 0 Å². The van der Waals surface area contributed by atoms with Gasteiger partial charge in [-0.05, 0) is 11.6 Å². The lowest BCUT2D eigenvalue weighted by atomic mass is 10.1. The maximum atomic E-state index is 12.7. The van der Waals surface area contributed by atoms with Gasteiger partial charge in [-0.15, -0.1) is 0 Å². The van der Waals surface area contributed by atoms with Gasteiger partial charge < -0.3 is 9.88 Å². The number of carbonyl (C=O) groups excluding carboxylic acids is 1. The van der Waals surface area contributed by atoms with Gasteiger partial charge in [0.25, 0.3) is 0 Å². The summed E-state index contributed by atoms with van der Waals surface area (Å²) in [4.78, 5) is 24.0. The van der Waals surface area contributed by atoms with Crippen LogP contribution in [0.5, 0.6) is 0 Å². The Hall–Kier alpha value is -2.88. The van der Waals surface area contributed by atoms with Crippen molar-refractivity contribution >= 4 is 17.7 Å². The molecule has 0 fully saturated rings. The van der Waals surface area contributed by atoms with Gasteiger partial charge in [-0.3, -0.25) is 4.79 Å². The van der Waals surface area contributed by atoms with Crippen LogP contribution in [-0.4, -0.2) is 31.2 Å². The standard InChI is InChI=1S/C18H16F3N5OS/c1-26-10-9-22-16(26)15(12-5-3-2-4-6-12)25-14(27)11-28-17-23-8-7-13(24-17)18(19,20)21/h2-10,15H,11H2,1H3,(H,25,27). The van der Waals surface area contributed by atoms with E-state index in [9.17, 15) is 18.0 Å². The summed E-state index contributed by atoms with van der Waals surface area (Å²) in [7, 11) is 1.82. The largest absolute Gasteiger partial charge is 0.433 e. The van der Waals surface area contributed by atoms with Crippen LogP contribution in [0.15, 0.2) is 60.1 Å². The van der Waals surface area contributed by atoms with E-state index in [1.165, 1.54) is 0 Å². The molecule has 0 spiro atoms. The first-order valence-electron chi connectivity index (χ1n) is 8.19. The highest BCUT2D eigenvalue weighted by molar-refractivity contribution is 7.99. The molecule has 1 atom stereocenters.